The summed E-state index contributed by atoms with van der Waals surface area (Å²) in [6, 6.07) is 22.4. The van der Waals surface area contributed by atoms with E-state index in [0.717, 1.165) is 11.1 Å². The van der Waals surface area contributed by atoms with Gasteiger partial charge in [-0.15, -0.1) is 0 Å². The van der Waals surface area contributed by atoms with Crippen LogP contribution < -0.4 is 10.1 Å². The molecule has 6 nitrogen and oxygen atoms in total. The number of anilines is 1. The molecule has 4 rings (SSSR count). The average Bonchev–Trinajstić information content (AvgIpc) is 3.27. The number of nitrogens with one attached hydrogen (secondary N) is 1. The first kappa shape index (κ1) is 19.3. The maximum atomic E-state index is 13.7. The lowest BCUT2D eigenvalue weighted by Gasteiger charge is -2.15. The highest BCUT2D eigenvalue weighted by Gasteiger charge is 2.17. The van der Waals surface area contributed by atoms with E-state index in [4.69, 9.17) is 9.26 Å². The topological polar surface area (TPSA) is 77.2 Å². The van der Waals surface area contributed by atoms with E-state index in [0.29, 0.717) is 17.4 Å². The fourth-order valence-electron chi connectivity index (χ4n) is 2.77. The Morgan fingerprint density at radius 3 is 2.40 bits per heavy atom. The molecule has 150 valence electrons. The summed E-state index contributed by atoms with van der Waals surface area (Å²) in [4.78, 5) is 16.7. The van der Waals surface area contributed by atoms with Crippen LogP contribution in [0.2, 0.25) is 0 Å². The van der Waals surface area contributed by atoms with Crippen molar-refractivity contribution in [1.82, 2.24) is 10.1 Å². The lowest BCUT2D eigenvalue weighted by molar-refractivity contribution is -0.122. The third kappa shape index (κ3) is 4.35. The van der Waals surface area contributed by atoms with E-state index in [1.165, 1.54) is 12.1 Å². The molecule has 0 bridgehead atoms. The van der Waals surface area contributed by atoms with Crippen molar-refractivity contribution in [2.24, 2.45) is 0 Å². The lowest BCUT2D eigenvalue weighted by Crippen LogP contribution is -2.30. The van der Waals surface area contributed by atoms with Gasteiger partial charge in [-0.25, -0.2) is 4.39 Å². The number of carbonyl (C=O) groups is 1. The lowest BCUT2D eigenvalue weighted by atomic mass is 10.2. The van der Waals surface area contributed by atoms with Gasteiger partial charge in [0.2, 0.25) is 5.82 Å². The molecule has 1 N–H and O–H groups in total. The van der Waals surface area contributed by atoms with Crippen LogP contribution in [0.3, 0.4) is 0 Å². The van der Waals surface area contributed by atoms with Crippen LogP contribution in [-0.4, -0.2) is 22.2 Å². The van der Waals surface area contributed by atoms with Crippen molar-refractivity contribution >= 4 is 11.6 Å². The number of halogens is 1. The summed E-state index contributed by atoms with van der Waals surface area (Å²) in [5.41, 5.74) is 2.15. The van der Waals surface area contributed by atoms with Gasteiger partial charge in [0.25, 0.3) is 11.8 Å². The molecule has 0 aliphatic carbocycles. The fraction of sp³-hybridized carbons (Fsp3) is 0.0870. The zero-order valence-electron chi connectivity index (χ0n) is 16.1. The van der Waals surface area contributed by atoms with Crippen LogP contribution in [0, 0.1) is 5.82 Å². The second-order valence-corrected chi connectivity index (χ2v) is 6.55. The van der Waals surface area contributed by atoms with E-state index in [9.17, 15) is 9.18 Å². The standard InChI is InChI=1S/C23H18FN3O3/c1-15(29-20-10-6-5-9-19(20)24)22(28)25-18-13-11-17(12-14-18)23-26-21(27-30-23)16-7-3-2-4-8-16/h2-15H,1H3,(H,25,28)/t15-/m0/s1. The predicted molar refractivity (Wildman–Crippen MR) is 110 cm³/mol. The second kappa shape index (κ2) is 8.57. The van der Waals surface area contributed by atoms with Crippen LogP contribution in [0.4, 0.5) is 10.1 Å². The van der Waals surface area contributed by atoms with E-state index in [1.807, 2.05) is 30.3 Å². The van der Waals surface area contributed by atoms with Gasteiger partial charge in [0.05, 0.1) is 0 Å². The molecule has 0 fully saturated rings. The Bertz CT molecular complexity index is 1140. The number of nitrogens with zero attached hydrogens (tertiary/aromatic N) is 2. The van der Waals surface area contributed by atoms with Gasteiger partial charge in [0.15, 0.2) is 17.7 Å². The number of ether oxygens (including phenoxy) is 1. The SMILES string of the molecule is C[C@H](Oc1ccccc1F)C(=O)Nc1ccc(-c2nc(-c3ccccc3)no2)cc1. The molecule has 1 heterocycles. The van der Waals surface area contributed by atoms with Crippen molar-refractivity contribution < 1.29 is 18.4 Å². The number of carbonyl (C=O) groups excluding carboxylic acids is 1. The van der Waals surface area contributed by atoms with Crippen LogP contribution in [0.1, 0.15) is 6.92 Å². The summed E-state index contributed by atoms with van der Waals surface area (Å²) in [6.45, 7) is 1.56. The smallest absolute Gasteiger partial charge is 0.265 e. The fourth-order valence-corrected chi connectivity index (χ4v) is 2.77. The van der Waals surface area contributed by atoms with Gasteiger partial charge in [0.1, 0.15) is 0 Å². The number of amides is 1. The molecule has 0 aliphatic rings. The van der Waals surface area contributed by atoms with Crippen molar-refractivity contribution in [3.05, 3.63) is 84.7 Å². The van der Waals surface area contributed by atoms with Crippen LogP contribution in [0.5, 0.6) is 5.75 Å². The van der Waals surface area contributed by atoms with Gasteiger partial charge in [-0.1, -0.05) is 47.6 Å². The molecule has 0 saturated heterocycles. The zero-order valence-corrected chi connectivity index (χ0v) is 16.1. The largest absolute Gasteiger partial charge is 0.478 e. The van der Waals surface area contributed by atoms with Gasteiger partial charge in [0, 0.05) is 16.8 Å². The van der Waals surface area contributed by atoms with E-state index < -0.39 is 17.8 Å². The first-order valence-corrected chi connectivity index (χ1v) is 9.32. The molecular formula is C23H18FN3O3. The molecule has 3 aromatic carbocycles. The highest BCUT2D eigenvalue weighted by molar-refractivity contribution is 5.94. The molecule has 1 aromatic heterocycles. The van der Waals surface area contributed by atoms with Gasteiger partial charge in [-0.2, -0.15) is 4.98 Å². The van der Waals surface area contributed by atoms with Crippen molar-refractivity contribution in [3.63, 3.8) is 0 Å². The third-order valence-electron chi connectivity index (χ3n) is 4.37. The van der Waals surface area contributed by atoms with Gasteiger partial charge in [-0.3, -0.25) is 4.79 Å². The number of rotatable bonds is 6. The zero-order chi connectivity index (χ0) is 20.9. The third-order valence-corrected chi connectivity index (χ3v) is 4.37. The normalized spacial score (nSPS) is 11.7. The van der Waals surface area contributed by atoms with Crippen molar-refractivity contribution in [3.8, 4) is 28.6 Å². The van der Waals surface area contributed by atoms with Gasteiger partial charge >= 0.3 is 0 Å². The van der Waals surface area contributed by atoms with Crippen LogP contribution in [0.15, 0.2) is 83.4 Å². The molecule has 1 atom stereocenters. The number of aromatic nitrogens is 2. The predicted octanol–water partition coefficient (Wildman–Crippen LogP) is 4.95. The van der Waals surface area contributed by atoms with E-state index in [-0.39, 0.29) is 5.75 Å². The molecular weight excluding hydrogens is 385 g/mol. The number of hydrogen-bond acceptors (Lipinski definition) is 5. The van der Waals surface area contributed by atoms with Crippen LogP contribution in [0.25, 0.3) is 22.8 Å². The van der Waals surface area contributed by atoms with E-state index in [1.54, 1.807) is 43.3 Å². The molecule has 0 unspecified atom stereocenters. The summed E-state index contributed by atoms with van der Waals surface area (Å²) in [5, 5.41) is 6.74. The van der Waals surface area contributed by atoms with Gasteiger partial charge in [-0.05, 0) is 43.3 Å². The van der Waals surface area contributed by atoms with E-state index in [2.05, 4.69) is 15.5 Å². The van der Waals surface area contributed by atoms with Crippen LogP contribution in [-0.2, 0) is 4.79 Å². The molecule has 4 aromatic rings. The minimum Gasteiger partial charge on any atom is -0.478 e. The average molecular weight is 403 g/mol. The Kier molecular flexibility index (Phi) is 5.52. The Morgan fingerprint density at radius 2 is 1.67 bits per heavy atom. The highest BCUT2D eigenvalue weighted by atomic mass is 19.1. The summed E-state index contributed by atoms with van der Waals surface area (Å²) in [5.74, 6) is -0.00252. The molecule has 7 heteroatoms. The van der Waals surface area contributed by atoms with E-state index >= 15 is 0 Å². The van der Waals surface area contributed by atoms with Crippen LogP contribution >= 0.6 is 0 Å². The molecule has 0 aliphatic heterocycles. The minimum absolute atomic E-state index is 0.0288. The number of para-hydroxylation sites is 1. The molecule has 0 spiro atoms. The summed E-state index contributed by atoms with van der Waals surface area (Å²) in [7, 11) is 0. The summed E-state index contributed by atoms with van der Waals surface area (Å²) in [6.07, 6.45) is -0.869. The van der Waals surface area contributed by atoms with Gasteiger partial charge < -0.3 is 14.6 Å². The first-order valence-electron chi connectivity index (χ1n) is 9.32. The second-order valence-electron chi connectivity index (χ2n) is 6.55. The monoisotopic (exact) mass is 403 g/mol. The summed E-state index contributed by atoms with van der Waals surface area (Å²) >= 11 is 0. The molecule has 0 saturated carbocycles. The van der Waals surface area contributed by atoms with Crippen molar-refractivity contribution in [2.75, 3.05) is 5.32 Å². The van der Waals surface area contributed by atoms with Crippen molar-refractivity contribution in [2.45, 2.75) is 13.0 Å². The minimum atomic E-state index is -0.869. The maximum Gasteiger partial charge on any atom is 0.265 e. The Hall–Kier alpha value is -4.00. The summed E-state index contributed by atoms with van der Waals surface area (Å²) < 4.78 is 24.4. The van der Waals surface area contributed by atoms with Crippen molar-refractivity contribution in [1.29, 1.82) is 0 Å². The molecule has 1 amide bonds. The maximum absolute atomic E-state index is 13.7. The molecule has 30 heavy (non-hydrogen) atoms. The highest BCUT2D eigenvalue weighted by Crippen LogP contribution is 2.24. The first-order chi connectivity index (χ1) is 14.6. The Labute approximate surface area is 172 Å². The quantitative estimate of drug-likeness (QED) is 0.493. The Balaban J connectivity index is 1.41. The number of hydrogen-bond donors (Lipinski definition) is 1. The number of benzene rings is 3. The Morgan fingerprint density at radius 1 is 0.967 bits per heavy atom. The molecule has 0 radical (unpaired) electrons.